The molecule has 1 N–H and O–H groups in total. The van der Waals surface area contributed by atoms with E-state index in [0.29, 0.717) is 13.0 Å². The maximum atomic E-state index is 12.1. The number of hydrogen-bond donors (Lipinski definition) is 1. The summed E-state index contributed by atoms with van der Waals surface area (Å²) in [6.45, 7) is 7.28. The van der Waals surface area contributed by atoms with Crippen LogP contribution in [-0.2, 0) is 14.6 Å². The summed E-state index contributed by atoms with van der Waals surface area (Å²) in [6.07, 6.45) is 1.51. The molecule has 0 aliphatic carbocycles. The van der Waals surface area contributed by atoms with Crippen molar-refractivity contribution in [3.63, 3.8) is 0 Å². The number of rotatable bonds is 6. The van der Waals surface area contributed by atoms with Crippen LogP contribution in [0, 0.1) is 0 Å². The first kappa shape index (κ1) is 13.9. The molecule has 4 nitrogen and oxygen atoms in total. The Labute approximate surface area is 98.7 Å². The van der Waals surface area contributed by atoms with Crippen LogP contribution < -0.4 is 5.32 Å². The maximum absolute atomic E-state index is 12.1. The van der Waals surface area contributed by atoms with Crippen LogP contribution in [0.3, 0.4) is 0 Å². The third-order valence-corrected chi connectivity index (χ3v) is 5.50. The lowest BCUT2D eigenvalue weighted by atomic mass is 10.3. The molecule has 0 aromatic heterocycles. The molecule has 1 heterocycles. The second-order valence-electron chi connectivity index (χ2n) is 4.59. The van der Waals surface area contributed by atoms with Crippen LogP contribution in [0.25, 0.3) is 0 Å². The van der Waals surface area contributed by atoms with Crippen molar-refractivity contribution >= 4 is 9.84 Å². The fourth-order valence-corrected chi connectivity index (χ4v) is 4.29. The zero-order valence-electron chi connectivity index (χ0n) is 10.4. The smallest absolute Gasteiger partial charge is 0.157 e. The van der Waals surface area contributed by atoms with E-state index in [1.54, 1.807) is 0 Å². The summed E-state index contributed by atoms with van der Waals surface area (Å²) in [5, 5.41) is 2.90. The van der Waals surface area contributed by atoms with Crippen LogP contribution >= 0.6 is 0 Å². The van der Waals surface area contributed by atoms with E-state index < -0.39 is 9.84 Å². The third kappa shape index (κ3) is 3.71. The van der Waals surface area contributed by atoms with Gasteiger partial charge < -0.3 is 10.1 Å². The average Bonchev–Trinajstić information content (AvgIpc) is 2.61. The normalized spacial score (nSPS) is 28.2. The van der Waals surface area contributed by atoms with Crippen LogP contribution in [0.4, 0.5) is 0 Å². The van der Waals surface area contributed by atoms with Crippen molar-refractivity contribution in [3.8, 4) is 0 Å². The zero-order chi connectivity index (χ0) is 12.2. The van der Waals surface area contributed by atoms with Gasteiger partial charge in [-0.1, -0.05) is 6.92 Å². The molecule has 1 fully saturated rings. The molecule has 3 atom stereocenters. The highest BCUT2D eigenvalue weighted by atomic mass is 32.2. The van der Waals surface area contributed by atoms with Gasteiger partial charge in [-0.2, -0.15) is 0 Å². The summed E-state index contributed by atoms with van der Waals surface area (Å²) in [5.41, 5.74) is 0. The van der Waals surface area contributed by atoms with Gasteiger partial charge in [0, 0.05) is 12.6 Å². The molecule has 1 aliphatic heterocycles. The number of nitrogens with one attached hydrogen (secondary N) is 1. The van der Waals surface area contributed by atoms with Gasteiger partial charge in [0.2, 0.25) is 0 Å². The van der Waals surface area contributed by atoms with E-state index in [9.17, 15) is 8.42 Å². The summed E-state index contributed by atoms with van der Waals surface area (Å²) >= 11 is 0. The van der Waals surface area contributed by atoms with E-state index in [1.807, 2.05) is 13.8 Å². The largest absolute Gasteiger partial charge is 0.377 e. The molecule has 0 aromatic carbocycles. The third-order valence-electron chi connectivity index (χ3n) is 2.99. The summed E-state index contributed by atoms with van der Waals surface area (Å²) in [7, 11) is -3.03. The van der Waals surface area contributed by atoms with E-state index in [-0.39, 0.29) is 23.1 Å². The van der Waals surface area contributed by atoms with Gasteiger partial charge in [-0.25, -0.2) is 8.42 Å². The second-order valence-corrected chi connectivity index (χ2v) is 6.85. The molecule has 0 spiro atoms. The van der Waals surface area contributed by atoms with E-state index in [2.05, 4.69) is 12.2 Å². The highest BCUT2D eigenvalue weighted by Gasteiger charge is 2.36. The van der Waals surface area contributed by atoms with E-state index >= 15 is 0 Å². The first-order valence-corrected chi connectivity index (χ1v) is 7.75. The van der Waals surface area contributed by atoms with Crippen molar-refractivity contribution in [1.82, 2.24) is 5.32 Å². The van der Waals surface area contributed by atoms with Crippen molar-refractivity contribution in [2.24, 2.45) is 0 Å². The van der Waals surface area contributed by atoms with Crippen LogP contribution in [0.1, 0.15) is 33.6 Å². The lowest BCUT2D eigenvalue weighted by molar-refractivity contribution is 0.126. The van der Waals surface area contributed by atoms with Gasteiger partial charge in [0.25, 0.3) is 0 Å². The summed E-state index contributed by atoms with van der Waals surface area (Å²) in [4.78, 5) is 0. The summed E-state index contributed by atoms with van der Waals surface area (Å²) in [6, 6.07) is 0.0257. The fraction of sp³-hybridized carbons (Fsp3) is 1.00. The minimum Gasteiger partial charge on any atom is -0.377 e. The molecule has 16 heavy (non-hydrogen) atoms. The molecule has 3 unspecified atom stereocenters. The van der Waals surface area contributed by atoms with Crippen molar-refractivity contribution in [2.45, 2.75) is 51.0 Å². The molecule has 0 saturated carbocycles. The Balaban J connectivity index is 2.50. The molecule has 0 bridgehead atoms. The minimum atomic E-state index is -3.03. The molecule has 1 rings (SSSR count). The van der Waals surface area contributed by atoms with Gasteiger partial charge in [0.15, 0.2) is 9.84 Å². The lowest BCUT2D eigenvalue weighted by Gasteiger charge is -2.19. The predicted molar refractivity (Wildman–Crippen MR) is 65.4 cm³/mol. The van der Waals surface area contributed by atoms with Crippen LogP contribution in [0.15, 0.2) is 0 Å². The first-order chi connectivity index (χ1) is 7.47. The molecule has 1 saturated heterocycles. The van der Waals surface area contributed by atoms with Gasteiger partial charge in [-0.3, -0.25) is 0 Å². The van der Waals surface area contributed by atoms with Crippen LogP contribution in [-0.4, -0.2) is 44.7 Å². The van der Waals surface area contributed by atoms with Gasteiger partial charge in [-0.05, 0) is 33.2 Å². The van der Waals surface area contributed by atoms with Gasteiger partial charge in [-0.15, -0.1) is 0 Å². The van der Waals surface area contributed by atoms with Crippen molar-refractivity contribution < 1.29 is 13.2 Å². The average molecular weight is 249 g/mol. The highest BCUT2D eigenvalue weighted by Crippen LogP contribution is 2.21. The second kappa shape index (κ2) is 5.98. The Bertz CT molecular complexity index is 302. The Morgan fingerprint density at radius 2 is 2.19 bits per heavy atom. The number of sulfone groups is 1. The number of hydrogen-bond acceptors (Lipinski definition) is 4. The standard InChI is InChI=1S/C11H23NO3S/c1-4-6-12-9(2)8-16(13,14)11-5-7-15-10(11)3/h9-12H,4-8H2,1-3H3. The maximum Gasteiger partial charge on any atom is 0.157 e. The van der Waals surface area contributed by atoms with Crippen LogP contribution in [0.2, 0.25) is 0 Å². The summed E-state index contributed by atoms with van der Waals surface area (Å²) in [5.74, 6) is 0.214. The Morgan fingerprint density at radius 3 is 2.69 bits per heavy atom. The molecule has 0 aromatic rings. The quantitative estimate of drug-likeness (QED) is 0.762. The van der Waals surface area contributed by atoms with Crippen molar-refractivity contribution in [2.75, 3.05) is 18.9 Å². The zero-order valence-corrected chi connectivity index (χ0v) is 11.2. The van der Waals surface area contributed by atoms with Crippen molar-refractivity contribution in [3.05, 3.63) is 0 Å². The Kier molecular flexibility index (Phi) is 5.21. The SMILES string of the molecule is CCCNC(C)CS(=O)(=O)C1CCOC1C. The number of ether oxygens (including phenoxy) is 1. The lowest BCUT2D eigenvalue weighted by Crippen LogP contribution is -2.39. The highest BCUT2D eigenvalue weighted by molar-refractivity contribution is 7.92. The topological polar surface area (TPSA) is 55.4 Å². The molecule has 1 aliphatic rings. The van der Waals surface area contributed by atoms with E-state index in [0.717, 1.165) is 13.0 Å². The van der Waals surface area contributed by atoms with Gasteiger partial charge in [0.05, 0.1) is 17.1 Å². The Morgan fingerprint density at radius 1 is 1.50 bits per heavy atom. The first-order valence-electron chi connectivity index (χ1n) is 6.04. The molecule has 0 radical (unpaired) electrons. The summed E-state index contributed by atoms with van der Waals surface area (Å²) < 4.78 is 29.5. The van der Waals surface area contributed by atoms with Gasteiger partial charge >= 0.3 is 0 Å². The van der Waals surface area contributed by atoms with Gasteiger partial charge in [0.1, 0.15) is 0 Å². The molecule has 96 valence electrons. The van der Waals surface area contributed by atoms with Crippen LogP contribution in [0.5, 0.6) is 0 Å². The predicted octanol–water partition coefficient (Wildman–Crippen LogP) is 0.967. The minimum absolute atomic E-state index is 0.0257. The Hall–Kier alpha value is -0.130. The van der Waals surface area contributed by atoms with E-state index in [1.165, 1.54) is 0 Å². The monoisotopic (exact) mass is 249 g/mol. The molecular weight excluding hydrogens is 226 g/mol. The molecule has 0 amide bonds. The van der Waals surface area contributed by atoms with Crippen molar-refractivity contribution in [1.29, 1.82) is 0 Å². The molecule has 5 heteroatoms. The van der Waals surface area contributed by atoms with E-state index in [4.69, 9.17) is 4.74 Å². The molecular formula is C11H23NO3S. The fourth-order valence-electron chi connectivity index (χ4n) is 2.11.